The smallest absolute Gasteiger partial charge is 0.325 e. The van der Waals surface area contributed by atoms with E-state index in [4.69, 9.17) is 14.5 Å². The lowest BCUT2D eigenvalue weighted by Gasteiger charge is -2.28. The van der Waals surface area contributed by atoms with Crippen molar-refractivity contribution in [2.45, 2.75) is 57.8 Å². The van der Waals surface area contributed by atoms with Crippen LogP contribution in [-0.4, -0.2) is 77.6 Å². The topological polar surface area (TPSA) is 90.3 Å². The van der Waals surface area contributed by atoms with E-state index in [9.17, 15) is 9.36 Å². The highest BCUT2D eigenvalue weighted by atomic mass is 31.2. The lowest BCUT2D eigenvalue weighted by molar-refractivity contribution is -0.126. The van der Waals surface area contributed by atoms with Crippen LogP contribution in [0.25, 0.3) is 0 Å². The number of nitrogens with zero attached hydrogens (tertiary/aromatic N) is 2. The van der Waals surface area contributed by atoms with Gasteiger partial charge in [0.25, 0.3) is 0 Å². The van der Waals surface area contributed by atoms with E-state index in [1.165, 1.54) is 6.08 Å². The monoisotopic (exact) mass is 418 g/mol. The quantitative estimate of drug-likeness (QED) is 0.228. The van der Waals surface area contributed by atoms with Gasteiger partial charge in [-0.15, -0.1) is 0 Å². The molecule has 164 valence electrons. The summed E-state index contributed by atoms with van der Waals surface area (Å²) in [5, 5.41) is 0. The minimum absolute atomic E-state index is 0.00566. The highest BCUT2D eigenvalue weighted by Gasteiger charge is 2.13. The molecule has 0 unspecified atom stereocenters. The SMILES string of the molecule is C=CC(=O)N(CCCCCCCCCCP(=O)(O)O)CCCN1CCOCC1. The first-order chi connectivity index (χ1) is 13.4. The van der Waals surface area contributed by atoms with Crippen LogP contribution in [0.2, 0.25) is 0 Å². The molecule has 0 aromatic carbocycles. The van der Waals surface area contributed by atoms with Crippen molar-refractivity contribution < 1.29 is 23.9 Å². The van der Waals surface area contributed by atoms with Crippen molar-refractivity contribution in [3.63, 3.8) is 0 Å². The summed E-state index contributed by atoms with van der Waals surface area (Å²) in [7, 11) is -3.82. The summed E-state index contributed by atoms with van der Waals surface area (Å²) < 4.78 is 16.1. The van der Waals surface area contributed by atoms with Crippen molar-refractivity contribution in [2.24, 2.45) is 0 Å². The van der Waals surface area contributed by atoms with E-state index in [2.05, 4.69) is 11.5 Å². The third-order valence-corrected chi connectivity index (χ3v) is 6.02. The van der Waals surface area contributed by atoms with Crippen LogP contribution in [0.4, 0.5) is 0 Å². The minimum Gasteiger partial charge on any atom is -0.379 e. The molecule has 1 heterocycles. The van der Waals surface area contributed by atoms with Crippen molar-refractivity contribution in [3.05, 3.63) is 12.7 Å². The lowest BCUT2D eigenvalue weighted by Crippen LogP contribution is -2.39. The molecule has 0 spiro atoms. The number of hydrogen-bond donors (Lipinski definition) is 2. The predicted octanol–water partition coefficient (Wildman–Crippen LogP) is 3.02. The molecule has 0 atom stereocenters. The van der Waals surface area contributed by atoms with Gasteiger partial charge in [-0.05, 0) is 25.3 Å². The van der Waals surface area contributed by atoms with E-state index in [-0.39, 0.29) is 12.1 Å². The fourth-order valence-corrected chi connectivity index (χ4v) is 4.09. The van der Waals surface area contributed by atoms with Crippen LogP contribution >= 0.6 is 7.60 Å². The van der Waals surface area contributed by atoms with E-state index in [1.807, 2.05) is 4.90 Å². The minimum atomic E-state index is -3.82. The number of hydrogen-bond acceptors (Lipinski definition) is 4. The predicted molar refractivity (Wildman–Crippen MR) is 113 cm³/mol. The van der Waals surface area contributed by atoms with E-state index in [0.717, 1.165) is 97.3 Å². The summed E-state index contributed by atoms with van der Waals surface area (Å²) >= 11 is 0. The molecular weight excluding hydrogens is 379 g/mol. The van der Waals surface area contributed by atoms with Gasteiger partial charge in [0, 0.05) is 38.9 Å². The first kappa shape index (κ1) is 25.3. The van der Waals surface area contributed by atoms with Crippen LogP contribution in [0.5, 0.6) is 0 Å². The Morgan fingerprint density at radius 1 is 0.964 bits per heavy atom. The molecule has 0 saturated carbocycles. The number of amides is 1. The maximum atomic E-state index is 12.0. The number of unbranched alkanes of at least 4 members (excludes halogenated alkanes) is 7. The number of rotatable bonds is 16. The summed E-state index contributed by atoms with van der Waals surface area (Å²) in [6.45, 7) is 9.77. The van der Waals surface area contributed by atoms with Crippen molar-refractivity contribution in [3.8, 4) is 0 Å². The van der Waals surface area contributed by atoms with Gasteiger partial charge in [-0.1, -0.05) is 45.1 Å². The highest BCUT2D eigenvalue weighted by Crippen LogP contribution is 2.35. The highest BCUT2D eigenvalue weighted by molar-refractivity contribution is 7.51. The van der Waals surface area contributed by atoms with Crippen molar-refractivity contribution >= 4 is 13.5 Å². The largest absolute Gasteiger partial charge is 0.379 e. The lowest BCUT2D eigenvalue weighted by atomic mass is 10.1. The Morgan fingerprint density at radius 3 is 2.07 bits per heavy atom. The fraction of sp³-hybridized carbons (Fsp3) is 0.850. The van der Waals surface area contributed by atoms with Gasteiger partial charge in [0.15, 0.2) is 0 Å². The Balaban J connectivity index is 2.04. The Labute approximate surface area is 170 Å². The Morgan fingerprint density at radius 2 is 1.50 bits per heavy atom. The molecule has 1 aliphatic heterocycles. The molecule has 8 heteroatoms. The van der Waals surface area contributed by atoms with Crippen molar-refractivity contribution in [1.82, 2.24) is 9.80 Å². The fourth-order valence-electron chi connectivity index (χ4n) is 3.45. The van der Waals surface area contributed by atoms with Crippen LogP contribution in [-0.2, 0) is 14.1 Å². The summed E-state index contributed by atoms with van der Waals surface area (Å²) in [4.78, 5) is 34.0. The van der Waals surface area contributed by atoms with Gasteiger partial charge >= 0.3 is 7.60 Å². The molecule has 1 saturated heterocycles. The second kappa shape index (κ2) is 15.2. The standard InChI is InChI=1S/C20H39N2O5P/c1-2-20(23)22(14-11-12-21-15-17-27-18-16-21)13-9-7-5-3-4-6-8-10-19-28(24,25)26/h2H,1,3-19H2,(H2,24,25,26). The molecule has 1 amide bonds. The van der Waals surface area contributed by atoms with Gasteiger partial charge in [-0.3, -0.25) is 14.3 Å². The first-order valence-electron chi connectivity index (χ1n) is 10.7. The molecule has 1 fully saturated rings. The molecular formula is C20H39N2O5P. The summed E-state index contributed by atoms with van der Waals surface area (Å²) in [6.07, 6.45) is 10.4. The molecule has 0 aromatic rings. The molecule has 0 aromatic heterocycles. The number of carbonyl (C=O) groups excluding carboxylic acids is 1. The van der Waals surface area contributed by atoms with E-state index >= 15 is 0 Å². The zero-order chi connectivity index (χ0) is 20.7. The maximum absolute atomic E-state index is 12.0. The van der Waals surface area contributed by atoms with Crippen LogP contribution in [0, 0.1) is 0 Å². The van der Waals surface area contributed by atoms with E-state index in [1.54, 1.807) is 0 Å². The molecule has 1 aliphatic rings. The van der Waals surface area contributed by atoms with Gasteiger partial charge in [0.05, 0.1) is 13.2 Å². The summed E-state index contributed by atoms with van der Waals surface area (Å²) in [5.74, 6) is 0.0204. The van der Waals surface area contributed by atoms with Gasteiger partial charge in [0.2, 0.25) is 5.91 Å². The van der Waals surface area contributed by atoms with Crippen molar-refractivity contribution in [1.29, 1.82) is 0 Å². The van der Waals surface area contributed by atoms with Gasteiger partial charge in [-0.2, -0.15) is 0 Å². The second-order valence-corrected chi connectivity index (χ2v) is 9.33. The third kappa shape index (κ3) is 13.5. The molecule has 7 nitrogen and oxygen atoms in total. The van der Waals surface area contributed by atoms with Gasteiger partial charge < -0.3 is 19.4 Å². The Bertz CT molecular complexity index is 477. The second-order valence-electron chi connectivity index (χ2n) is 7.55. The third-order valence-electron chi connectivity index (χ3n) is 5.12. The number of morpholine rings is 1. The summed E-state index contributed by atoms with van der Waals surface area (Å²) in [6, 6.07) is 0. The van der Waals surface area contributed by atoms with Gasteiger partial charge in [0.1, 0.15) is 0 Å². The van der Waals surface area contributed by atoms with Crippen LogP contribution < -0.4 is 0 Å². The molecule has 0 bridgehead atoms. The molecule has 0 aliphatic carbocycles. The van der Waals surface area contributed by atoms with Crippen molar-refractivity contribution in [2.75, 3.05) is 52.1 Å². The van der Waals surface area contributed by atoms with Crippen LogP contribution in [0.3, 0.4) is 0 Å². The molecule has 28 heavy (non-hydrogen) atoms. The molecule has 2 N–H and O–H groups in total. The Hall–Kier alpha value is -0.720. The molecule has 0 radical (unpaired) electrons. The number of ether oxygens (including phenoxy) is 1. The van der Waals surface area contributed by atoms with Gasteiger partial charge in [-0.25, -0.2) is 0 Å². The number of carbonyl (C=O) groups is 1. The average Bonchev–Trinajstić information content (AvgIpc) is 2.67. The average molecular weight is 419 g/mol. The zero-order valence-corrected chi connectivity index (χ0v) is 18.2. The summed E-state index contributed by atoms with van der Waals surface area (Å²) in [5.41, 5.74) is 0. The first-order valence-corrected chi connectivity index (χ1v) is 12.5. The molecule has 1 rings (SSSR count). The van der Waals surface area contributed by atoms with Crippen LogP contribution in [0.1, 0.15) is 57.8 Å². The normalized spacial score (nSPS) is 15.5. The van der Waals surface area contributed by atoms with Crippen LogP contribution in [0.15, 0.2) is 12.7 Å². The van der Waals surface area contributed by atoms with E-state index in [0.29, 0.717) is 6.42 Å². The maximum Gasteiger partial charge on any atom is 0.325 e. The van der Waals surface area contributed by atoms with E-state index < -0.39 is 7.60 Å². The zero-order valence-electron chi connectivity index (χ0n) is 17.3. The Kier molecular flexibility index (Phi) is 13.7.